The predicted molar refractivity (Wildman–Crippen MR) is 114 cm³/mol. The lowest BCUT2D eigenvalue weighted by Crippen LogP contribution is -2.44. The van der Waals surface area contributed by atoms with E-state index in [0.717, 1.165) is 6.07 Å². The van der Waals surface area contributed by atoms with E-state index in [-0.39, 0.29) is 22.8 Å². The van der Waals surface area contributed by atoms with Crippen LogP contribution in [0.5, 0.6) is 0 Å². The van der Waals surface area contributed by atoms with Crippen molar-refractivity contribution < 1.29 is 26.7 Å². The Bertz CT molecular complexity index is 1280. The largest absolute Gasteiger partial charge is 0.379 e. The second-order valence-corrected chi connectivity index (χ2v) is 9.72. The fraction of sp³-hybridized carbons (Fsp3) is 0.318. The summed E-state index contributed by atoms with van der Waals surface area (Å²) in [7, 11) is -4.36. The highest BCUT2D eigenvalue weighted by atomic mass is 32.2. The van der Waals surface area contributed by atoms with Gasteiger partial charge in [0.05, 0.1) is 35.7 Å². The van der Waals surface area contributed by atoms with Crippen LogP contribution in [0.4, 0.5) is 8.78 Å². The fourth-order valence-electron chi connectivity index (χ4n) is 3.86. The normalized spacial score (nSPS) is 15.2. The third-order valence-corrected chi connectivity index (χ3v) is 7.18. The van der Waals surface area contributed by atoms with Gasteiger partial charge < -0.3 is 15.0 Å². The molecule has 170 valence electrons. The molecular weight excluding hydrogens is 440 g/mol. The minimum atomic E-state index is -4.36. The van der Waals surface area contributed by atoms with Gasteiger partial charge in [0.1, 0.15) is 10.6 Å². The summed E-state index contributed by atoms with van der Waals surface area (Å²) in [4.78, 5) is 17.0. The molecule has 1 aliphatic heterocycles. The number of morpholine rings is 1. The van der Waals surface area contributed by atoms with Crippen molar-refractivity contribution in [2.75, 3.05) is 33.0 Å². The second kappa shape index (κ2) is 8.61. The van der Waals surface area contributed by atoms with Crippen molar-refractivity contribution in [1.29, 1.82) is 0 Å². The zero-order valence-electron chi connectivity index (χ0n) is 17.7. The van der Waals surface area contributed by atoms with Gasteiger partial charge >= 0.3 is 0 Å². The number of benzene rings is 2. The first-order valence-electron chi connectivity index (χ1n) is 10.1. The third-order valence-electron chi connectivity index (χ3n) is 5.38. The number of rotatable bonds is 5. The van der Waals surface area contributed by atoms with Crippen LogP contribution < -0.4 is 5.32 Å². The molecule has 0 bridgehead atoms. The molecule has 1 saturated heterocycles. The standard InChI is InChI=1S/C22H23F2N3O4S/c1-13-9-14(2)11-15(10-13)32(29,30)21-18-17(4-3-16(23)19(18)24)26-20(21)22(28)25-12-27-5-7-31-8-6-27/h3-4,9-11,26H,5-8,12H2,1-2H3,(H,25,28). The van der Waals surface area contributed by atoms with E-state index < -0.39 is 37.7 Å². The van der Waals surface area contributed by atoms with Crippen molar-refractivity contribution in [3.63, 3.8) is 0 Å². The summed E-state index contributed by atoms with van der Waals surface area (Å²) >= 11 is 0. The Morgan fingerprint density at radius 3 is 2.44 bits per heavy atom. The van der Waals surface area contributed by atoms with Crippen LogP contribution in [0.1, 0.15) is 21.6 Å². The summed E-state index contributed by atoms with van der Waals surface area (Å²) in [5, 5.41) is 2.20. The maximum absolute atomic E-state index is 14.8. The second-order valence-electron chi connectivity index (χ2n) is 7.83. The molecule has 0 saturated carbocycles. The number of carbonyl (C=O) groups is 1. The van der Waals surface area contributed by atoms with Crippen molar-refractivity contribution in [1.82, 2.24) is 15.2 Å². The van der Waals surface area contributed by atoms with Gasteiger partial charge in [-0.3, -0.25) is 9.69 Å². The quantitative estimate of drug-likeness (QED) is 0.607. The van der Waals surface area contributed by atoms with E-state index in [9.17, 15) is 22.0 Å². The van der Waals surface area contributed by atoms with Gasteiger partial charge in [-0.25, -0.2) is 17.2 Å². The van der Waals surface area contributed by atoms with Crippen molar-refractivity contribution in [2.24, 2.45) is 0 Å². The number of fused-ring (bicyclic) bond motifs is 1. The van der Waals surface area contributed by atoms with Gasteiger partial charge in [0.25, 0.3) is 5.91 Å². The molecule has 0 radical (unpaired) electrons. The van der Waals surface area contributed by atoms with Gasteiger partial charge in [-0.1, -0.05) is 6.07 Å². The molecule has 2 N–H and O–H groups in total. The lowest BCUT2D eigenvalue weighted by molar-refractivity contribution is 0.0334. The molecule has 0 aliphatic carbocycles. The number of nitrogens with zero attached hydrogens (tertiary/aromatic N) is 1. The van der Waals surface area contributed by atoms with Crippen LogP contribution in [-0.2, 0) is 14.6 Å². The molecule has 1 aliphatic rings. The number of hydrogen-bond acceptors (Lipinski definition) is 5. The molecule has 7 nitrogen and oxygen atoms in total. The molecule has 0 unspecified atom stereocenters. The predicted octanol–water partition coefficient (Wildman–Crippen LogP) is 2.92. The van der Waals surface area contributed by atoms with Crippen molar-refractivity contribution in [3.8, 4) is 0 Å². The Labute approximate surface area is 184 Å². The maximum atomic E-state index is 14.8. The van der Waals surface area contributed by atoms with E-state index >= 15 is 0 Å². The van der Waals surface area contributed by atoms with Crippen LogP contribution in [-0.4, -0.2) is 57.2 Å². The molecule has 2 heterocycles. The average Bonchev–Trinajstić information content (AvgIpc) is 3.16. The Morgan fingerprint density at radius 1 is 1.12 bits per heavy atom. The number of sulfone groups is 1. The van der Waals surface area contributed by atoms with E-state index in [1.165, 1.54) is 18.2 Å². The van der Waals surface area contributed by atoms with Crippen LogP contribution in [0, 0.1) is 25.5 Å². The Hall–Kier alpha value is -2.82. The highest BCUT2D eigenvalue weighted by Crippen LogP contribution is 2.35. The molecule has 3 aromatic rings. The number of halogens is 2. The summed E-state index contributed by atoms with van der Waals surface area (Å²) in [6.07, 6.45) is 0. The van der Waals surface area contributed by atoms with Gasteiger partial charge in [0.15, 0.2) is 11.6 Å². The van der Waals surface area contributed by atoms with Gasteiger partial charge in [0.2, 0.25) is 9.84 Å². The highest BCUT2D eigenvalue weighted by molar-refractivity contribution is 7.91. The minimum absolute atomic E-state index is 0.0170. The topological polar surface area (TPSA) is 91.5 Å². The van der Waals surface area contributed by atoms with E-state index in [0.29, 0.717) is 37.4 Å². The zero-order chi connectivity index (χ0) is 23.0. The van der Waals surface area contributed by atoms with E-state index in [2.05, 4.69) is 10.3 Å². The summed E-state index contributed by atoms with van der Waals surface area (Å²) in [6.45, 7) is 5.91. The SMILES string of the molecule is Cc1cc(C)cc(S(=O)(=O)c2c(C(=O)NCN3CCOCC3)[nH]c3ccc(F)c(F)c23)c1. The van der Waals surface area contributed by atoms with Crippen molar-refractivity contribution >= 4 is 26.6 Å². The summed E-state index contributed by atoms with van der Waals surface area (Å²) < 4.78 is 61.3. The zero-order valence-corrected chi connectivity index (χ0v) is 18.5. The van der Waals surface area contributed by atoms with Crippen LogP contribution in [0.15, 0.2) is 40.1 Å². The molecule has 1 fully saturated rings. The van der Waals surface area contributed by atoms with Crippen molar-refractivity contribution in [2.45, 2.75) is 23.6 Å². The van der Waals surface area contributed by atoms with Crippen molar-refractivity contribution in [3.05, 3.63) is 58.8 Å². The molecule has 4 rings (SSSR count). The first-order valence-corrected chi connectivity index (χ1v) is 11.6. The molecule has 2 aromatic carbocycles. The lowest BCUT2D eigenvalue weighted by Gasteiger charge is -2.26. The Balaban J connectivity index is 1.84. The molecular formula is C22H23F2N3O4S. The molecule has 0 spiro atoms. The number of aryl methyl sites for hydroxylation is 2. The summed E-state index contributed by atoms with van der Waals surface area (Å²) in [6, 6.07) is 6.77. The van der Waals surface area contributed by atoms with E-state index in [1.54, 1.807) is 19.9 Å². The van der Waals surface area contributed by atoms with Gasteiger partial charge in [-0.2, -0.15) is 0 Å². The lowest BCUT2D eigenvalue weighted by atomic mass is 10.2. The highest BCUT2D eigenvalue weighted by Gasteiger charge is 2.32. The number of carbonyl (C=O) groups excluding carboxylic acids is 1. The van der Waals surface area contributed by atoms with Gasteiger partial charge in [-0.15, -0.1) is 0 Å². The number of aromatic amines is 1. The third kappa shape index (κ3) is 4.13. The Morgan fingerprint density at radius 2 is 1.78 bits per heavy atom. The molecule has 32 heavy (non-hydrogen) atoms. The molecule has 10 heteroatoms. The fourth-order valence-corrected chi connectivity index (χ4v) is 5.66. The van der Waals surface area contributed by atoms with Crippen LogP contribution in [0.25, 0.3) is 10.9 Å². The van der Waals surface area contributed by atoms with E-state index in [4.69, 9.17) is 4.74 Å². The molecule has 0 atom stereocenters. The first-order chi connectivity index (χ1) is 15.2. The smallest absolute Gasteiger partial charge is 0.270 e. The number of ether oxygens (including phenoxy) is 1. The minimum Gasteiger partial charge on any atom is -0.379 e. The summed E-state index contributed by atoms with van der Waals surface area (Å²) in [5.41, 5.74) is 1.06. The number of hydrogen-bond donors (Lipinski definition) is 2. The Kier molecular flexibility index (Phi) is 6.02. The van der Waals surface area contributed by atoms with Crippen LogP contribution >= 0.6 is 0 Å². The van der Waals surface area contributed by atoms with Crippen LogP contribution in [0.2, 0.25) is 0 Å². The van der Waals surface area contributed by atoms with Gasteiger partial charge in [-0.05, 0) is 49.2 Å². The average molecular weight is 464 g/mol. The molecule has 1 amide bonds. The monoisotopic (exact) mass is 463 g/mol. The first kappa shape index (κ1) is 22.4. The number of nitrogens with one attached hydrogen (secondary N) is 2. The van der Waals surface area contributed by atoms with Gasteiger partial charge in [0, 0.05) is 13.1 Å². The number of amides is 1. The number of aromatic nitrogens is 1. The maximum Gasteiger partial charge on any atom is 0.270 e. The molecule has 1 aromatic heterocycles. The van der Waals surface area contributed by atoms with Crippen LogP contribution in [0.3, 0.4) is 0 Å². The summed E-state index contributed by atoms with van der Waals surface area (Å²) in [5.74, 6) is -3.25. The number of H-pyrrole nitrogens is 1. The van der Waals surface area contributed by atoms with E-state index in [1.807, 2.05) is 4.90 Å².